The van der Waals surface area contributed by atoms with Crippen molar-refractivity contribution < 1.29 is 0 Å². The van der Waals surface area contributed by atoms with Gasteiger partial charge in [-0.05, 0) is 41.6 Å². The van der Waals surface area contributed by atoms with E-state index >= 15 is 0 Å². The van der Waals surface area contributed by atoms with Crippen LogP contribution in [0.2, 0.25) is 0 Å². The van der Waals surface area contributed by atoms with Gasteiger partial charge in [0, 0.05) is 12.4 Å². The molecule has 3 rings (SSSR count). The zero-order valence-electron chi connectivity index (χ0n) is 10.9. The second kappa shape index (κ2) is 6.92. The van der Waals surface area contributed by atoms with Crippen LogP contribution in [0, 0.1) is 7.91 Å². The Morgan fingerprint density at radius 2 is 1.41 bits per heavy atom. The quantitative estimate of drug-likeness (QED) is 0.536. The molecule has 2 N–H and O–H groups in total. The lowest BCUT2D eigenvalue weighted by Gasteiger charge is -1.95. The first-order valence-electron chi connectivity index (χ1n) is 5.98. The summed E-state index contributed by atoms with van der Waals surface area (Å²) in [4.78, 5) is 8.54. The molecule has 0 fully saturated rings. The molecule has 0 aliphatic rings. The van der Waals surface area contributed by atoms with Crippen molar-refractivity contribution in [1.82, 2.24) is 20.4 Å². The average molecular weight is 365 g/mol. The molecule has 3 aromatic rings. The normalized spacial score (nSPS) is 11.6. The first-order chi connectivity index (χ1) is 10.7. The standard InChI is InChI=1S/C12H8N6S4/c19-11-17-15-9(21-11)13-5-7-2-1-3-8(4-7)6-14-10-16-18-12(20)22-10/h1-6H,(H,17,19)(H,18,20)/b13-5+,14-6+. The van der Waals surface area contributed by atoms with Gasteiger partial charge in [0.05, 0.1) is 0 Å². The van der Waals surface area contributed by atoms with Crippen molar-refractivity contribution in [3.8, 4) is 0 Å². The molecule has 0 saturated carbocycles. The Balaban J connectivity index is 1.77. The largest absolute Gasteiger partial charge is 0.256 e. The molecule has 1 aromatic carbocycles. The second-order valence-corrected chi connectivity index (χ2v) is 7.27. The van der Waals surface area contributed by atoms with Gasteiger partial charge in [-0.25, -0.2) is 9.98 Å². The number of aromatic amines is 2. The maximum Gasteiger partial charge on any atom is 0.230 e. The summed E-state index contributed by atoms with van der Waals surface area (Å²) in [6.07, 6.45) is 3.47. The van der Waals surface area contributed by atoms with Crippen LogP contribution in [0.3, 0.4) is 0 Å². The molecule has 2 heterocycles. The average Bonchev–Trinajstić information content (AvgIpc) is 3.12. The van der Waals surface area contributed by atoms with Crippen LogP contribution in [0.4, 0.5) is 10.3 Å². The maximum atomic E-state index is 4.96. The van der Waals surface area contributed by atoms with E-state index in [0.29, 0.717) is 18.2 Å². The van der Waals surface area contributed by atoms with E-state index in [-0.39, 0.29) is 0 Å². The van der Waals surface area contributed by atoms with Crippen LogP contribution >= 0.6 is 47.1 Å². The van der Waals surface area contributed by atoms with E-state index < -0.39 is 0 Å². The van der Waals surface area contributed by atoms with Crippen LogP contribution in [0.1, 0.15) is 11.1 Å². The van der Waals surface area contributed by atoms with E-state index in [1.54, 1.807) is 12.4 Å². The molecule has 0 saturated heterocycles. The lowest BCUT2D eigenvalue weighted by molar-refractivity contribution is 1.07. The first-order valence-corrected chi connectivity index (χ1v) is 8.43. The number of aliphatic imine (C=N–C) groups is 2. The number of rotatable bonds is 4. The van der Waals surface area contributed by atoms with Gasteiger partial charge in [-0.2, -0.15) is 0 Å². The molecule has 2 aromatic heterocycles. The number of benzene rings is 1. The van der Waals surface area contributed by atoms with E-state index in [0.717, 1.165) is 11.1 Å². The Hall–Kier alpha value is -1.88. The van der Waals surface area contributed by atoms with E-state index in [1.165, 1.54) is 22.7 Å². The van der Waals surface area contributed by atoms with Crippen molar-refractivity contribution in [1.29, 1.82) is 0 Å². The number of hydrogen-bond donors (Lipinski definition) is 2. The van der Waals surface area contributed by atoms with Gasteiger partial charge in [0.25, 0.3) is 0 Å². The Kier molecular flexibility index (Phi) is 4.73. The Morgan fingerprint density at radius 1 is 0.909 bits per heavy atom. The number of aromatic nitrogens is 4. The molecule has 0 aliphatic carbocycles. The van der Waals surface area contributed by atoms with Gasteiger partial charge in [-0.1, -0.05) is 40.9 Å². The lowest BCUT2D eigenvalue weighted by Crippen LogP contribution is -1.85. The minimum Gasteiger partial charge on any atom is -0.256 e. The third-order valence-electron chi connectivity index (χ3n) is 2.41. The highest BCUT2D eigenvalue weighted by Gasteiger charge is 1.96. The molecule has 0 radical (unpaired) electrons. The van der Waals surface area contributed by atoms with Crippen molar-refractivity contribution in [3.05, 3.63) is 43.3 Å². The Morgan fingerprint density at radius 3 is 1.82 bits per heavy atom. The van der Waals surface area contributed by atoms with Crippen LogP contribution in [0.5, 0.6) is 0 Å². The van der Waals surface area contributed by atoms with E-state index in [2.05, 4.69) is 30.4 Å². The molecule has 10 heteroatoms. The first kappa shape index (κ1) is 15.0. The second-order valence-electron chi connectivity index (χ2n) is 3.98. The van der Waals surface area contributed by atoms with Crippen LogP contribution in [0.15, 0.2) is 34.3 Å². The molecule has 0 amide bonds. The monoisotopic (exact) mass is 364 g/mol. The van der Waals surface area contributed by atoms with Crippen LogP contribution in [-0.2, 0) is 0 Å². The van der Waals surface area contributed by atoms with Crippen molar-refractivity contribution >= 4 is 69.8 Å². The maximum absolute atomic E-state index is 4.96. The predicted molar refractivity (Wildman–Crippen MR) is 95.5 cm³/mol. The van der Waals surface area contributed by atoms with Crippen molar-refractivity contribution in [2.24, 2.45) is 9.98 Å². The summed E-state index contributed by atoms with van der Waals surface area (Å²) in [7, 11) is 0. The molecular formula is C12H8N6S4. The van der Waals surface area contributed by atoms with Gasteiger partial charge >= 0.3 is 0 Å². The third kappa shape index (κ3) is 4.07. The molecule has 0 bridgehead atoms. The van der Waals surface area contributed by atoms with Crippen LogP contribution in [-0.4, -0.2) is 32.8 Å². The lowest BCUT2D eigenvalue weighted by atomic mass is 10.1. The molecule has 6 nitrogen and oxygen atoms in total. The van der Waals surface area contributed by atoms with Gasteiger partial charge in [0.1, 0.15) is 0 Å². The van der Waals surface area contributed by atoms with Gasteiger partial charge < -0.3 is 0 Å². The fourth-order valence-corrected chi connectivity index (χ4v) is 2.98. The van der Waals surface area contributed by atoms with Gasteiger partial charge in [-0.15, -0.1) is 10.2 Å². The number of nitrogens with zero attached hydrogens (tertiary/aromatic N) is 4. The Bertz CT molecular complexity index is 871. The van der Waals surface area contributed by atoms with Crippen LogP contribution < -0.4 is 0 Å². The van der Waals surface area contributed by atoms with Crippen LogP contribution in [0.25, 0.3) is 0 Å². The zero-order chi connectivity index (χ0) is 15.4. The number of H-pyrrole nitrogens is 2. The van der Waals surface area contributed by atoms with Crippen molar-refractivity contribution in [2.75, 3.05) is 0 Å². The highest BCUT2D eigenvalue weighted by molar-refractivity contribution is 7.73. The summed E-state index contributed by atoms with van der Waals surface area (Å²) in [5.74, 6) is 0. The van der Waals surface area contributed by atoms with Gasteiger partial charge in [-0.3, -0.25) is 10.2 Å². The van der Waals surface area contributed by atoms with E-state index in [1.807, 2.05) is 24.3 Å². The SMILES string of the molecule is S=c1[nH]nc(/N=C/c2cccc(/C=N/c3n[nH]c(=S)s3)c2)s1. The molecule has 0 aliphatic heterocycles. The summed E-state index contributed by atoms with van der Waals surface area (Å²) in [6.45, 7) is 0. The summed E-state index contributed by atoms with van der Waals surface area (Å²) in [5, 5.41) is 14.5. The molecule has 0 unspecified atom stereocenters. The minimum absolute atomic E-state index is 0.598. The fourth-order valence-electron chi connectivity index (χ4n) is 1.53. The molecule has 0 spiro atoms. The van der Waals surface area contributed by atoms with Gasteiger partial charge in [0.2, 0.25) is 10.3 Å². The van der Waals surface area contributed by atoms with E-state index in [4.69, 9.17) is 24.4 Å². The summed E-state index contributed by atoms with van der Waals surface area (Å²) >= 11 is 12.6. The van der Waals surface area contributed by atoms with Gasteiger partial charge in [0.15, 0.2) is 7.91 Å². The summed E-state index contributed by atoms with van der Waals surface area (Å²) < 4.78 is 1.21. The topological polar surface area (TPSA) is 82.1 Å². The third-order valence-corrected chi connectivity index (χ3v) is 4.41. The highest BCUT2D eigenvalue weighted by atomic mass is 32.2. The van der Waals surface area contributed by atoms with E-state index in [9.17, 15) is 0 Å². The molecule has 22 heavy (non-hydrogen) atoms. The highest BCUT2D eigenvalue weighted by Crippen LogP contribution is 2.16. The minimum atomic E-state index is 0.598. The molecular weight excluding hydrogens is 356 g/mol. The zero-order valence-corrected chi connectivity index (χ0v) is 14.2. The molecule has 110 valence electrons. The number of hydrogen-bond acceptors (Lipinski definition) is 8. The molecule has 0 atom stereocenters. The summed E-state index contributed by atoms with van der Waals surface area (Å²) in [6, 6.07) is 7.79. The van der Waals surface area contributed by atoms with Crippen molar-refractivity contribution in [2.45, 2.75) is 0 Å². The summed E-state index contributed by atoms with van der Waals surface area (Å²) in [5.41, 5.74) is 1.89. The smallest absolute Gasteiger partial charge is 0.230 e. The fraction of sp³-hybridized carbons (Fsp3) is 0. The Labute approximate surface area is 143 Å². The predicted octanol–water partition coefficient (Wildman–Crippen LogP) is 4.22. The number of nitrogens with one attached hydrogen (secondary N) is 2. The van der Waals surface area contributed by atoms with Crippen molar-refractivity contribution in [3.63, 3.8) is 0 Å².